The van der Waals surface area contributed by atoms with Gasteiger partial charge in [-0.2, -0.15) is 0 Å². The number of rotatable bonds is 14. The molecule has 0 radical (unpaired) electrons. The molecular formula is C66H80. The molecule has 66 heavy (non-hydrogen) atoms. The minimum atomic E-state index is -0.131. The number of fused-ring (bicyclic) bond motifs is 9. The Hall–Kier alpha value is -4.68. The maximum Gasteiger partial charge on any atom is 0.0215 e. The first-order chi connectivity index (χ1) is 31.2. The quantitative estimate of drug-likeness (QED) is 0.102. The van der Waals surface area contributed by atoms with Gasteiger partial charge in [0, 0.05) is 16.2 Å². The first-order valence-electron chi connectivity index (χ1n) is 26.1. The monoisotopic (exact) mass is 873 g/mol. The van der Waals surface area contributed by atoms with Gasteiger partial charge in [-0.05, 0) is 206 Å². The van der Waals surface area contributed by atoms with E-state index in [-0.39, 0.29) is 21.7 Å². The maximum atomic E-state index is 2.62. The van der Waals surface area contributed by atoms with E-state index in [9.17, 15) is 0 Å². The van der Waals surface area contributed by atoms with Gasteiger partial charge in [0.2, 0.25) is 0 Å². The SMILES string of the molecule is Cc1ccc2c(c1)C(CCC(C)C)(CCC(C)C)c1cc(-c3ccc4c(c3)C(C)(C)c3cc(-c5ccc6c(c5)C(CCC(C)C)(CCC(C)C)c5cc(C(C)(C)C)ccc5-6)ccc3-4)ccc1-2. The van der Waals surface area contributed by atoms with Crippen molar-refractivity contribution in [3.8, 4) is 55.6 Å². The lowest BCUT2D eigenvalue weighted by Gasteiger charge is -2.35. The predicted molar refractivity (Wildman–Crippen MR) is 287 cm³/mol. The van der Waals surface area contributed by atoms with E-state index in [1.54, 1.807) is 22.3 Å². The van der Waals surface area contributed by atoms with E-state index in [1.165, 1.54) is 129 Å². The third-order valence-electron chi connectivity index (χ3n) is 16.7. The van der Waals surface area contributed by atoms with E-state index in [0.29, 0.717) is 23.7 Å². The molecule has 9 rings (SSSR count). The van der Waals surface area contributed by atoms with E-state index in [2.05, 4.69) is 206 Å². The van der Waals surface area contributed by atoms with Crippen molar-refractivity contribution in [3.63, 3.8) is 0 Å². The highest BCUT2D eigenvalue weighted by atomic mass is 14.5. The lowest BCUT2D eigenvalue weighted by atomic mass is 9.68. The van der Waals surface area contributed by atoms with Crippen molar-refractivity contribution >= 4 is 0 Å². The minimum absolute atomic E-state index is 0.0148. The second-order valence-corrected chi connectivity index (χ2v) is 24.6. The fourth-order valence-electron chi connectivity index (χ4n) is 12.5. The smallest absolute Gasteiger partial charge is 0.0215 e. The predicted octanol–water partition coefficient (Wildman–Crippen LogP) is 19.2. The van der Waals surface area contributed by atoms with E-state index < -0.39 is 0 Å². The molecule has 0 aromatic heterocycles. The average molecular weight is 873 g/mol. The molecule has 3 aliphatic carbocycles. The van der Waals surface area contributed by atoms with Crippen LogP contribution in [-0.4, -0.2) is 0 Å². The summed E-state index contributed by atoms with van der Waals surface area (Å²) >= 11 is 0. The van der Waals surface area contributed by atoms with Crippen molar-refractivity contribution in [2.45, 2.75) is 170 Å². The van der Waals surface area contributed by atoms with Crippen LogP contribution in [0.5, 0.6) is 0 Å². The third-order valence-corrected chi connectivity index (χ3v) is 16.7. The molecular weight excluding hydrogens is 793 g/mol. The Balaban J connectivity index is 1.10. The molecule has 0 saturated heterocycles. The Morgan fingerprint density at radius 1 is 0.364 bits per heavy atom. The molecule has 0 heteroatoms. The summed E-state index contributed by atoms with van der Waals surface area (Å²) in [5, 5.41) is 0. The van der Waals surface area contributed by atoms with Crippen LogP contribution < -0.4 is 0 Å². The normalized spacial score (nSPS) is 15.9. The van der Waals surface area contributed by atoms with Gasteiger partial charge in [-0.15, -0.1) is 0 Å². The zero-order chi connectivity index (χ0) is 47.1. The van der Waals surface area contributed by atoms with Gasteiger partial charge in [-0.3, -0.25) is 0 Å². The van der Waals surface area contributed by atoms with Crippen molar-refractivity contribution in [3.05, 3.63) is 154 Å². The number of benzene rings is 6. The first kappa shape index (κ1) is 46.4. The standard InChI is InChI=1S/C66H80/c1-41(2)27-31-65(32-28-42(3)4)59-35-45(9)15-21-53(59)54-24-18-48(38-60(54)65)46-16-22-51-52-23-17-47(37-58(52)64(13,14)57(51)36-46)49-19-25-55-56-26-20-50(63(10,11)12)40-62(56)66(61(55)39-49,33-29-43(5)6)34-30-44(7)8/h15-26,35-44H,27-34H2,1-14H3. The van der Waals surface area contributed by atoms with E-state index in [1.807, 2.05) is 0 Å². The lowest BCUT2D eigenvalue weighted by Crippen LogP contribution is -2.27. The summed E-state index contributed by atoms with van der Waals surface area (Å²) in [7, 11) is 0. The van der Waals surface area contributed by atoms with Crippen molar-refractivity contribution in [2.75, 3.05) is 0 Å². The molecule has 0 unspecified atom stereocenters. The largest absolute Gasteiger partial charge is 0.0628 e. The van der Waals surface area contributed by atoms with Crippen LogP contribution in [0.3, 0.4) is 0 Å². The second-order valence-electron chi connectivity index (χ2n) is 24.6. The van der Waals surface area contributed by atoms with Gasteiger partial charge in [-0.1, -0.05) is 181 Å². The highest BCUT2D eigenvalue weighted by Crippen LogP contribution is 2.58. The van der Waals surface area contributed by atoms with Gasteiger partial charge < -0.3 is 0 Å². The van der Waals surface area contributed by atoms with Crippen LogP contribution >= 0.6 is 0 Å². The molecule has 0 N–H and O–H groups in total. The summed E-state index contributed by atoms with van der Waals surface area (Å²) in [5.41, 5.74) is 25.9. The Labute approximate surface area is 401 Å². The maximum absolute atomic E-state index is 2.62. The average Bonchev–Trinajstić information content (AvgIpc) is 3.79. The molecule has 0 atom stereocenters. The van der Waals surface area contributed by atoms with Crippen molar-refractivity contribution < 1.29 is 0 Å². The lowest BCUT2D eigenvalue weighted by molar-refractivity contribution is 0.363. The summed E-state index contributed by atoms with van der Waals surface area (Å²) in [6, 6.07) is 44.5. The number of hydrogen-bond donors (Lipinski definition) is 0. The Morgan fingerprint density at radius 2 is 0.652 bits per heavy atom. The summed E-state index contributed by atoms with van der Waals surface area (Å²) in [5.74, 6) is 2.65. The van der Waals surface area contributed by atoms with Crippen molar-refractivity contribution in [2.24, 2.45) is 23.7 Å². The molecule has 0 spiro atoms. The van der Waals surface area contributed by atoms with Crippen LogP contribution in [-0.2, 0) is 21.7 Å². The molecule has 3 aliphatic rings. The van der Waals surface area contributed by atoms with Gasteiger partial charge in [-0.25, -0.2) is 0 Å². The van der Waals surface area contributed by atoms with Gasteiger partial charge in [0.1, 0.15) is 0 Å². The molecule has 6 aromatic rings. The van der Waals surface area contributed by atoms with Crippen molar-refractivity contribution in [1.29, 1.82) is 0 Å². The first-order valence-corrected chi connectivity index (χ1v) is 26.1. The topological polar surface area (TPSA) is 0 Å². The summed E-state index contributed by atoms with van der Waals surface area (Å²) in [4.78, 5) is 0. The van der Waals surface area contributed by atoms with Crippen LogP contribution in [0.2, 0.25) is 0 Å². The fourth-order valence-corrected chi connectivity index (χ4v) is 12.5. The number of hydrogen-bond acceptors (Lipinski definition) is 0. The van der Waals surface area contributed by atoms with E-state index in [0.717, 1.165) is 0 Å². The Kier molecular flexibility index (Phi) is 12.0. The van der Waals surface area contributed by atoms with E-state index in [4.69, 9.17) is 0 Å². The van der Waals surface area contributed by atoms with Gasteiger partial charge in [0.15, 0.2) is 0 Å². The van der Waals surface area contributed by atoms with E-state index >= 15 is 0 Å². The van der Waals surface area contributed by atoms with Crippen molar-refractivity contribution in [1.82, 2.24) is 0 Å². The highest BCUT2D eigenvalue weighted by Gasteiger charge is 2.45. The summed E-state index contributed by atoms with van der Waals surface area (Å²) in [6.45, 7) is 33.5. The van der Waals surface area contributed by atoms with Crippen LogP contribution in [0.1, 0.15) is 186 Å². The molecule has 0 amide bonds. The van der Waals surface area contributed by atoms with Crippen LogP contribution in [0, 0.1) is 30.6 Å². The highest BCUT2D eigenvalue weighted by molar-refractivity contribution is 5.89. The molecule has 0 heterocycles. The van der Waals surface area contributed by atoms with Crippen LogP contribution in [0.4, 0.5) is 0 Å². The molecule has 0 fully saturated rings. The Morgan fingerprint density at radius 3 is 1.00 bits per heavy atom. The zero-order valence-electron chi connectivity index (χ0n) is 43.4. The molecule has 0 nitrogen and oxygen atoms in total. The summed E-state index contributed by atoms with van der Waals surface area (Å²) in [6.07, 6.45) is 9.70. The molecule has 6 aromatic carbocycles. The van der Waals surface area contributed by atoms with Gasteiger partial charge in [0.25, 0.3) is 0 Å². The molecule has 0 bridgehead atoms. The van der Waals surface area contributed by atoms with Gasteiger partial charge in [0.05, 0.1) is 0 Å². The fraction of sp³-hybridized carbons (Fsp3) is 0.455. The Bertz CT molecular complexity index is 2760. The molecule has 0 saturated carbocycles. The second kappa shape index (κ2) is 17.1. The van der Waals surface area contributed by atoms with Gasteiger partial charge >= 0.3 is 0 Å². The minimum Gasteiger partial charge on any atom is -0.0628 e. The number of aryl methyl sites for hydroxylation is 1. The molecule has 0 aliphatic heterocycles. The zero-order valence-corrected chi connectivity index (χ0v) is 43.4. The summed E-state index contributed by atoms with van der Waals surface area (Å²) < 4.78 is 0. The molecule has 344 valence electrons. The van der Waals surface area contributed by atoms with Crippen LogP contribution in [0.25, 0.3) is 55.6 Å². The third kappa shape index (κ3) is 7.95. The van der Waals surface area contributed by atoms with Crippen LogP contribution in [0.15, 0.2) is 109 Å².